The van der Waals surface area contributed by atoms with Gasteiger partial charge >= 0.3 is 5.97 Å². The molecule has 154 valence electrons. The second-order valence-electron chi connectivity index (χ2n) is 6.38. The Morgan fingerprint density at radius 2 is 1.64 bits per heavy atom. The van der Waals surface area contributed by atoms with Crippen molar-refractivity contribution >= 4 is 23.7 Å². The highest BCUT2D eigenvalue weighted by Crippen LogP contribution is 2.05. The summed E-state index contributed by atoms with van der Waals surface area (Å²) >= 11 is 0. The smallest absolute Gasteiger partial charge is 0.328 e. The number of carbonyl (C=O) groups is 4. The van der Waals surface area contributed by atoms with Gasteiger partial charge in [-0.3, -0.25) is 14.4 Å². The van der Waals surface area contributed by atoms with Gasteiger partial charge in [-0.25, -0.2) is 4.79 Å². The normalized spacial score (nSPS) is 14.9. The lowest BCUT2D eigenvalue weighted by molar-refractivity contribution is -0.145. The summed E-state index contributed by atoms with van der Waals surface area (Å²) in [5.41, 5.74) is 6.13. The number of carboxylic acid groups (broad SMARTS) is 1. The maximum absolute atomic E-state index is 12.5. The fourth-order valence-electron chi connectivity index (χ4n) is 2.28. The number of benzene rings is 1. The maximum Gasteiger partial charge on any atom is 0.328 e. The molecule has 1 aromatic rings. The van der Waals surface area contributed by atoms with Crippen molar-refractivity contribution in [3.63, 3.8) is 0 Å². The van der Waals surface area contributed by atoms with E-state index in [1.54, 1.807) is 30.3 Å². The SMILES string of the molecule is CC(N)C(=O)NCC(=O)NC(Cc1ccccc1)C(=O)NC(C(=O)O)C(C)O. The first-order chi connectivity index (χ1) is 13.1. The molecule has 7 N–H and O–H groups in total. The minimum atomic E-state index is -1.53. The Balaban J connectivity index is 2.86. The van der Waals surface area contributed by atoms with Crippen molar-refractivity contribution in [3.8, 4) is 0 Å². The average molecular weight is 394 g/mol. The van der Waals surface area contributed by atoms with Crippen LogP contribution < -0.4 is 21.7 Å². The van der Waals surface area contributed by atoms with Crippen LogP contribution in [0.1, 0.15) is 19.4 Å². The Bertz CT molecular complexity index is 693. The molecule has 3 amide bonds. The number of aliphatic hydroxyl groups excluding tert-OH is 1. The molecular formula is C18H26N4O6. The van der Waals surface area contributed by atoms with Gasteiger partial charge in [0.05, 0.1) is 18.7 Å². The lowest BCUT2D eigenvalue weighted by Crippen LogP contribution is -2.56. The minimum absolute atomic E-state index is 0.0891. The van der Waals surface area contributed by atoms with Crippen LogP contribution in [-0.4, -0.2) is 64.7 Å². The van der Waals surface area contributed by atoms with E-state index in [1.807, 2.05) is 0 Å². The number of nitrogens with one attached hydrogen (secondary N) is 3. The van der Waals surface area contributed by atoms with Crippen LogP contribution in [0.4, 0.5) is 0 Å². The van der Waals surface area contributed by atoms with E-state index in [4.69, 9.17) is 10.8 Å². The molecule has 28 heavy (non-hydrogen) atoms. The lowest BCUT2D eigenvalue weighted by atomic mass is 10.0. The van der Waals surface area contributed by atoms with Gasteiger partial charge in [-0.2, -0.15) is 0 Å². The first-order valence-corrected chi connectivity index (χ1v) is 8.69. The molecule has 0 fully saturated rings. The summed E-state index contributed by atoms with van der Waals surface area (Å²) in [6, 6.07) is 5.35. The zero-order valence-electron chi connectivity index (χ0n) is 15.7. The number of rotatable bonds is 10. The minimum Gasteiger partial charge on any atom is -0.480 e. The molecular weight excluding hydrogens is 368 g/mol. The Hall–Kier alpha value is -2.98. The number of aliphatic carboxylic acids is 1. The third-order valence-corrected chi connectivity index (χ3v) is 3.82. The summed E-state index contributed by atoms with van der Waals surface area (Å²) in [6.07, 6.45) is -1.24. The van der Waals surface area contributed by atoms with Crippen molar-refractivity contribution in [1.29, 1.82) is 0 Å². The summed E-state index contributed by atoms with van der Waals surface area (Å²) in [7, 11) is 0. The van der Waals surface area contributed by atoms with E-state index in [0.29, 0.717) is 0 Å². The standard InChI is InChI=1S/C18H26N4O6/c1-10(19)16(25)20-9-14(24)21-13(8-12-6-4-3-5-7-12)17(26)22-15(11(2)23)18(27)28/h3-7,10-11,13,15,23H,8-9,19H2,1-2H3,(H,20,25)(H,21,24)(H,22,26)(H,27,28). The number of aliphatic hydroxyl groups is 1. The van der Waals surface area contributed by atoms with Crippen molar-refractivity contribution in [3.05, 3.63) is 35.9 Å². The van der Waals surface area contributed by atoms with E-state index >= 15 is 0 Å². The summed E-state index contributed by atoms with van der Waals surface area (Å²) in [4.78, 5) is 47.3. The van der Waals surface area contributed by atoms with E-state index in [2.05, 4.69) is 16.0 Å². The zero-order valence-corrected chi connectivity index (χ0v) is 15.7. The number of hydrogen-bond donors (Lipinski definition) is 6. The van der Waals surface area contributed by atoms with Gasteiger partial charge in [-0.05, 0) is 19.4 Å². The fraction of sp³-hybridized carbons (Fsp3) is 0.444. The number of hydrogen-bond acceptors (Lipinski definition) is 6. The average Bonchev–Trinajstić information content (AvgIpc) is 2.63. The van der Waals surface area contributed by atoms with Gasteiger partial charge in [0.15, 0.2) is 6.04 Å². The van der Waals surface area contributed by atoms with Crippen LogP contribution in [0.5, 0.6) is 0 Å². The number of amides is 3. The van der Waals surface area contributed by atoms with Crippen molar-refractivity contribution in [2.24, 2.45) is 5.73 Å². The molecule has 0 aromatic heterocycles. The molecule has 0 saturated heterocycles. The molecule has 1 rings (SSSR count). The third kappa shape index (κ3) is 7.72. The molecule has 0 aliphatic heterocycles. The van der Waals surface area contributed by atoms with Gasteiger partial charge in [-0.15, -0.1) is 0 Å². The Morgan fingerprint density at radius 1 is 1.04 bits per heavy atom. The summed E-state index contributed by atoms with van der Waals surface area (Å²) in [5, 5.41) is 25.7. The van der Waals surface area contributed by atoms with Gasteiger partial charge in [0.25, 0.3) is 0 Å². The highest BCUT2D eigenvalue weighted by atomic mass is 16.4. The van der Waals surface area contributed by atoms with Gasteiger partial charge in [0, 0.05) is 6.42 Å². The van der Waals surface area contributed by atoms with Crippen LogP contribution in [0, 0.1) is 0 Å². The molecule has 0 radical (unpaired) electrons. The highest BCUT2D eigenvalue weighted by molar-refractivity contribution is 5.92. The molecule has 0 saturated carbocycles. The second kappa shape index (κ2) is 11.0. The topological polar surface area (TPSA) is 171 Å². The summed E-state index contributed by atoms with van der Waals surface area (Å²) in [6.45, 7) is 2.30. The number of carbonyl (C=O) groups excluding carboxylic acids is 3. The van der Waals surface area contributed by atoms with Crippen molar-refractivity contribution in [1.82, 2.24) is 16.0 Å². The first-order valence-electron chi connectivity index (χ1n) is 8.69. The Labute approximate surface area is 162 Å². The lowest BCUT2D eigenvalue weighted by Gasteiger charge is -2.23. The first kappa shape index (κ1) is 23.1. The van der Waals surface area contributed by atoms with E-state index in [-0.39, 0.29) is 6.42 Å². The van der Waals surface area contributed by atoms with E-state index in [9.17, 15) is 24.3 Å². The van der Waals surface area contributed by atoms with Crippen LogP contribution in [0.25, 0.3) is 0 Å². The molecule has 10 heteroatoms. The summed E-state index contributed by atoms with van der Waals surface area (Å²) in [5.74, 6) is -3.35. The summed E-state index contributed by atoms with van der Waals surface area (Å²) < 4.78 is 0. The molecule has 10 nitrogen and oxygen atoms in total. The van der Waals surface area contributed by atoms with Crippen LogP contribution >= 0.6 is 0 Å². The Morgan fingerprint density at radius 3 is 2.14 bits per heavy atom. The zero-order chi connectivity index (χ0) is 21.3. The fourth-order valence-corrected chi connectivity index (χ4v) is 2.28. The third-order valence-electron chi connectivity index (χ3n) is 3.82. The molecule has 0 aliphatic carbocycles. The molecule has 4 unspecified atom stereocenters. The Kier molecular flexibility index (Phi) is 9.06. The molecule has 0 aliphatic rings. The van der Waals surface area contributed by atoms with E-state index in [0.717, 1.165) is 5.56 Å². The number of carboxylic acids is 1. The monoisotopic (exact) mass is 394 g/mol. The van der Waals surface area contributed by atoms with E-state index < -0.39 is 54.5 Å². The molecule has 1 aromatic carbocycles. The van der Waals surface area contributed by atoms with Crippen LogP contribution in [0.3, 0.4) is 0 Å². The predicted octanol–water partition coefficient (Wildman–Crippen LogP) is -1.87. The molecule has 0 bridgehead atoms. The van der Waals surface area contributed by atoms with Gasteiger partial charge in [0.2, 0.25) is 17.7 Å². The van der Waals surface area contributed by atoms with Crippen LogP contribution in [0.15, 0.2) is 30.3 Å². The van der Waals surface area contributed by atoms with Crippen LogP contribution in [-0.2, 0) is 25.6 Å². The molecule has 4 atom stereocenters. The number of nitrogens with two attached hydrogens (primary N) is 1. The highest BCUT2D eigenvalue weighted by Gasteiger charge is 2.29. The van der Waals surface area contributed by atoms with Crippen molar-refractivity contribution in [2.75, 3.05) is 6.54 Å². The maximum atomic E-state index is 12.5. The van der Waals surface area contributed by atoms with Crippen molar-refractivity contribution < 1.29 is 29.4 Å². The van der Waals surface area contributed by atoms with Gasteiger partial charge in [0.1, 0.15) is 6.04 Å². The predicted molar refractivity (Wildman–Crippen MR) is 100.0 cm³/mol. The second-order valence-corrected chi connectivity index (χ2v) is 6.38. The largest absolute Gasteiger partial charge is 0.480 e. The van der Waals surface area contributed by atoms with Gasteiger partial charge in [-0.1, -0.05) is 30.3 Å². The van der Waals surface area contributed by atoms with Crippen molar-refractivity contribution in [2.45, 2.75) is 44.5 Å². The molecule has 0 heterocycles. The van der Waals surface area contributed by atoms with Crippen LogP contribution in [0.2, 0.25) is 0 Å². The van der Waals surface area contributed by atoms with E-state index in [1.165, 1.54) is 13.8 Å². The quantitative estimate of drug-likeness (QED) is 0.270. The van der Waals surface area contributed by atoms with Gasteiger partial charge < -0.3 is 31.9 Å². The molecule has 0 spiro atoms.